The molecule has 4 aromatic rings. The van der Waals surface area contributed by atoms with Gasteiger partial charge in [0.15, 0.2) is 5.82 Å². The highest BCUT2D eigenvalue weighted by Crippen LogP contribution is 2.41. The molecule has 2 aliphatic carbocycles. The first kappa shape index (κ1) is 49.9. The number of methoxy groups -OCH3 is 1. The maximum absolute atomic E-state index is 13.6. The fraction of sp³-hybridized carbons (Fsp3) is 0.528. The Labute approximate surface area is 420 Å². The molecule has 1 saturated heterocycles. The summed E-state index contributed by atoms with van der Waals surface area (Å²) in [6.07, 6.45) is 12.6. The molecule has 3 fully saturated rings. The van der Waals surface area contributed by atoms with Gasteiger partial charge in [0.2, 0.25) is 23.7 Å². The van der Waals surface area contributed by atoms with E-state index in [1.165, 1.54) is 4.90 Å². The number of ether oxygens (including phenoxy) is 3. The summed E-state index contributed by atoms with van der Waals surface area (Å²) in [5.74, 6) is 7.03. The number of aromatic nitrogens is 5. The second-order valence-corrected chi connectivity index (χ2v) is 20.3. The number of benzene rings is 2. The Morgan fingerprint density at radius 3 is 2.53 bits per heavy atom. The lowest BCUT2D eigenvalue weighted by atomic mass is 9.90. The number of hydrogen-bond acceptors (Lipinski definition) is 14. The molecule has 0 bridgehead atoms. The highest BCUT2D eigenvalue weighted by Gasteiger charge is 2.42. The zero-order chi connectivity index (χ0) is 50.7. The van der Waals surface area contributed by atoms with E-state index in [0.717, 1.165) is 68.3 Å². The first-order chi connectivity index (χ1) is 34.7. The molecule has 5 aliphatic rings. The number of carbonyl (C=O) groups is 5. The average Bonchev–Trinajstić information content (AvgIpc) is 4.15. The Bertz CT molecular complexity index is 2760. The minimum absolute atomic E-state index is 0.0211. The molecule has 2 aromatic heterocycles. The van der Waals surface area contributed by atoms with Crippen molar-refractivity contribution < 1.29 is 38.2 Å². The molecule has 1 unspecified atom stereocenters. The van der Waals surface area contributed by atoms with Crippen LogP contribution in [-0.2, 0) is 30.4 Å². The lowest BCUT2D eigenvalue weighted by molar-refractivity contribution is -0.137. The van der Waals surface area contributed by atoms with E-state index in [1.54, 1.807) is 37.4 Å². The van der Waals surface area contributed by atoms with Crippen molar-refractivity contribution in [1.82, 2.24) is 40.1 Å². The molecule has 5 heterocycles. The smallest absolute Gasteiger partial charge is 0.410 e. The molecule has 5 amide bonds. The Kier molecular flexibility index (Phi) is 14.8. The fourth-order valence-electron chi connectivity index (χ4n) is 10.8. The second-order valence-electron chi connectivity index (χ2n) is 20.3. The number of amides is 5. The van der Waals surface area contributed by atoms with E-state index < -0.39 is 17.6 Å². The van der Waals surface area contributed by atoms with Crippen LogP contribution in [0.5, 0.6) is 5.75 Å². The molecule has 2 aromatic carbocycles. The van der Waals surface area contributed by atoms with Gasteiger partial charge in [0.05, 0.1) is 31.2 Å². The van der Waals surface area contributed by atoms with Crippen molar-refractivity contribution in [3.8, 4) is 28.8 Å². The summed E-state index contributed by atoms with van der Waals surface area (Å²) in [7, 11) is 3.42. The molecular formula is C53H65N11O8. The molecule has 72 heavy (non-hydrogen) atoms. The van der Waals surface area contributed by atoms with Gasteiger partial charge in [-0.3, -0.25) is 24.5 Å². The number of nitrogens with zero attached hydrogens (tertiary/aromatic N) is 9. The molecule has 3 aliphatic heterocycles. The number of hydrogen-bond donors (Lipinski definition) is 2. The Hall–Kier alpha value is -7.07. The van der Waals surface area contributed by atoms with Crippen molar-refractivity contribution >= 4 is 52.9 Å². The highest BCUT2D eigenvalue weighted by molar-refractivity contribution is 6.06. The van der Waals surface area contributed by atoms with Gasteiger partial charge in [-0.1, -0.05) is 49.0 Å². The third-order valence-electron chi connectivity index (χ3n) is 14.4. The topological polar surface area (TPSA) is 207 Å². The van der Waals surface area contributed by atoms with Crippen LogP contribution in [0.15, 0.2) is 48.8 Å². The van der Waals surface area contributed by atoms with Crippen LogP contribution in [0.1, 0.15) is 132 Å². The van der Waals surface area contributed by atoms with Crippen molar-refractivity contribution in [1.29, 1.82) is 0 Å². The van der Waals surface area contributed by atoms with Crippen LogP contribution >= 0.6 is 0 Å². The Morgan fingerprint density at radius 2 is 1.79 bits per heavy atom. The first-order valence-corrected chi connectivity index (χ1v) is 25.3. The number of carbonyl (C=O) groups excluding carboxylic acids is 5. The zero-order valence-electron chi connectivity index (χ0n) is 42.1. The van der Waals surface area contributed by atoms with E-state index in [9.17, 15) is 24.0 Å². The van der Waals surface area contributed by atoms with Crippen molar-refractivity contribution in [2.45, 2.75) is 147 Å². The lowest BCUT2D eigenvalue weighted by Crippen LogP contribution is -2.55. The van der Waals surface area contributed by atoms with Gasteiger partial charge in [-0.05, 0) is 108 Å². The largest absolute Gasteiger partial charge is 0.495 e. The molecule has 2 saturated carbocycles. The molecule has 2 N–H and O–H groups in total. The zero-order valence-corrected chi connectivity index (χ0v) is 42.1. The minimum atomic E-state index is -0.694. The monoisotopic (exact) mass is 984 g/mol. The van der Waals surface area contributed by atoms with Crippen molar-refractivity contribution in [3.63, 3.8) is 0 Å². The predicted molar refractivity (Wildman–Crippen MR) is 269 cm³/mol. The van der Waals surface area contributed by atoms with Gasteiger partial charge < -0.3 is 39.1 Å². The van der Waals surface area contributed by atoms with E-state index in [4.69, 9.17) is 19.2 Å². The maximum Gasteiger partial charge on any atom is 0.410 e. The fourth-order valence-corrected chi connectivity index (χ4v) is 10.8. The van der Waals surface area contributed by atoms with E-state index in [0.29, 0.717) is 72.3 Å². The molecule has 19 heteroatoms. The van der Waals surface area contributed by atoms with Gasteiger partial charge >= 0.3 is 6.09 Å². The number of rotatable bonds is 14. The van der Waals surface area contributed by atoms with Crippen LogP contribution in [0.2, 0.25) is 0 Å². The predicted octanol–water partition coefficient (Wildman–Crippen LogP) is 6.93. The molecule has 2 atom stereocenters. The van der Waals surface area contributed by atoms with Gasteiger partial charge in [-0.15, -0.1) is 5.10 Å². The summed E-state index contributed by atoms with van der Waals surface area (Å²) >= 11 is 0. The third-order valence-corrected chi connectivity index (χ3v) is 14.4. The van der Waals surface area contributed by atoms with Crippen LogP contribution in [0, 0.1) is 11.8 Å². The van der Waals surface area contributed by atoms with Crippen molar-refractivity contribution in [3.05, 3.63) is 65.5 Å². The minimum Gasteiger partial charge on any atom is -0.495 e. The number of likely N-dealkylation sites (N-methyl/N-ethyl adjacent to an activating group) is 1. The molecular weight excluding hydrogens is 919 g/mol. The average molecular weight is 984 g/mol. The van der Waals surface area contributed by atoms with Crippen LogP contribution in [0.4, 0.5) is 27.9 Å². The van der Waals surface area contributed by atoms with E-state index >= 15 is 0 Å². The lowest BCUT2D eigenvalue weighted by Gasteiger charge is -2.43. The number of nitrogens with one attached hydrogen (secondary N) is 2. The molecule has 9 rings (SSSR count). The van der Waals surface area contributed by atoms with Crippen LogP contribution < -0.4 is 25.2 Å². The quantitative estimate of drug-likeness (QED) is 0.0747. The number of piperidine rings is 1. The molecule has 0 radical (unpaired) electrons. The summed E-state index contributed by atoms with van der Waals surface area (Å²) in [6, 6.07) is 10.5. The standard InChI is InChI=1S/C53H65N11O8/c1-7-42-50(68)60(5)44-30-54-51(57-47(44)64(42)37-15-8-9-16-37)55-40-23-18-34(29-45(40)70-6)41-32-63(59-58-41)36-21-19-35(20-22-36)61(52(69)72-53(2,3)4)26-12-28-71-27-11-14-33-13-10-17-38-39(33)31-62(49(38)67)43-24-25-46(65)56-48(43)66/h10,13,17-18,23,29-30,32,35-37,42-43H,7-9,12,15-16,19-22,24-28,31H2,1-6H3,(H,54,55,57)(H,56,65,66)/t35-,36+,42-,43?/m1/s1. The van der Waals surface area contributed by atoms with Crippen molar-refractivity contribution in [2.75, 3.05) is 49.0 Å². The van der Waals surface area contributed by atoms with Crippen LogP contribution in [-0.4, -0.2) is 128 Å². The second kappa shape index (κ2) is 21.3. The number of imide groups is 1. The van der Waals surface area contributed by atoms with Crippen LogP contribution in [0.25, 0.3) is 11.3 Å². The third kappa shape index (κ3) is 10.6. The Morgan fingerprint density at radius 1 is 1.00 bits per heavy atom. The van der Waals surface area contributed by atoms with E-state index in [1.807, 2.05) is 60.8 Å². The van der Waals surface area contributed by atoms with E-state index in [-0.39, 0.29) is 67.6 Å². The highest BCUT2D eigenvalue weighted by atomic mass is 16.6. The Balaban J connectivity index is 0.788. The summed E-state index contributed by atoms with van der Waals surface area (Å²) in [6.45, 7) is 8.89. The van der Waals surface area contributed by atoms with Crippen molar-refractivity contribution in [2.24, 2.45) is 0 Å². The molecule has 0 spiro atoms. The number of fused-ring (bicyclic) bond motifs is 2. The molecule has 19 nitrogen and oxygen atoms in total. The van der Waals surface area contributed by atoms with E-state index in [2.05, 4.69) is 49.6 Å². The van der Waals surface area contributed by atoms with Gasteiger partial charge in [-0.25, -0.2) is 14.5 Å². The summed E-state index contributed by atoms with van der Waals surface area (Å²) in [4.78, 5) is 81.3. The SMILES string of the molecule is CC[C@@H]1C(=O)N(C)c2cnc(Nc3ccc(-c4cn([C@H]5CC[C@@H](N(CCCOCC#Cc6cccc7c6CN(C6CCC(=O)NC6=O)C7=O)C(=O)OC(C)(C)C)CC5)nn4)cc3OC)nc2N1C1CCCC1. The van der Waals surface area contributed by atoms with Gasteiger partial charge in [0, 0.05) is 61.9 Å². The number of anilines is 4. The molecule has 380 valence electrons. The van der Waals surface area contributed by atoms with Crippen LogP contribution in [0.3, 0.4) is 0 Å². The van der Waals surface area contributed by atoms with Gasteiger partial charge in [0.1, 0.15) is 41.4 Å². The first-order valence-electron chi connectivity index (χ1n) is 25.3. The summed E-state index contributed by atoms with van der Waals surface area (Å²) in [5.41, 5.74) is 4.25. The normalized spacial score (nSPS) is 21.2. The maximum atomic E-state index is 13.6. The summed E-state index contributed by atoms with van der Waals surface area (Å²) < 4.78 is 19.6. The summed E-state index contributed by atoms with van der Waals surface area (Å²) in [5, 5.41) is 14.8. The van der Waals surface area contributed by atoms with Gasteiger partial charge in [-0.2, -0.15) is 4.98 Å². The van der Waals surface area contributed by atoms with Gasteiger partial charge in [0.25, 0.3) is 5.91 Å².